The van der Waals surface area contributed by atoms with E-state index < -0.39 is 0 Å². The van der Waals surface area contributed by atoms with Crippen molar-refractivity contribution < 1.29 is 0 Å². The molecule has 0 amide bonds. The summed E-state index contributed by atoms with van der Waals surface area (Å²) in [5.41, 5.74) is 7.98. The van der Waals surface area contributed by atoms with Gasteiger partial charge in [-0.1, -0.05) is 49.6 Å². The predicted molar refractivity (Wildman–Crippen MR) is 72.9 cm³/mol. The van der Waals surface area contributed by atoms with Crippen molar-refractivity contribution in [2.45, 2.75) is 43.7 Å². The number of nitrogens with zero attached hydrogens (tertiary/aromatic N) is 1. The normalized spacial score (nSPS) is 21.4. The maximum atomic E-state index is 6.56. The summed E-state index contributed by atoms with van der Waals surface area (Å²) in [5.74, 6) is 0. The van der Waals surface area contributed by atoms with Gasteiger partial charge in [0.1, 0.15) is 0 Å². The van der Waals surface area contributed by atoms with Crippen molar-refractivity contribution in [3.63, 3.8) is 0 Å². The molecule has 1 aromatic carbocycles. The van der Waals surface area contributed by atoms with Gasteiger partial charge in [-0.15, -0.1) is 0 Å². The van der Waals surface area contributed by atoms with Crippen LogP contribution in [-0.4, -0.2) is 24.5 Å². The molecule has 0 aliphatic heterocycles. The zero-order chi connectivity index (χ0) is 12.3. The Hall–Kier alpha value is -0.860. The molecule has 0 aromatic heterocycles. The summed E-state index contributed by atoms with van der Waals surface area (Å²) in [6.45, 7) is 0. The molecule has 2 nitrogen and oxygen atoms in total. The van der Waals surface area contributed by atoms with E-state index in [9.17, 15) is 0 Å². The Morgan fingerprint density at radius 3 is 2.18 bits per heavy atom. The van der Waals surface area contributed by atoms with Gasteiger partial charge in [0.2, 0.25) is 0 Å². The molecule has 0 bridgehead atoms. The van der Waals surface area contributed by atoms with Gasteiger partial charge in [-0.25, -0.2) is 0 Å². The third kappa shape index (κ3) is 2.38. The van der Waals surface area contributed by atoms with Crippen LogP contribution in [0.2, 0.25) is 0 Å². The highest BCUT2D eigenvalue weighted by molar-refractivity contribution is 5.23. The van der Waals surface area contributed by atoms with Crippen LogP contribution < -0.4 is 5.73 Å². The molecule has 2 heteroatoms. The van der Waals surface area contributed by atoms with Crippen molar-refractivity contribution in [1.29, 1.82) is 0 Å². The quantitative estimate of drug-likeness (QED) is 0.868. The Labute approximate surface area is 105 Å². The van der Waals surface area contributed by atoms with Crippen molar-refractivity contribution in [3.8, 4) is 0 Å². The van der Waals surface area contributed by atoms with Gasteiger partial charge in [-0.05, 0) is 32.5 Å². The van der Waals surface area contributed by atoms with Crippen LogP contribution in [0.1, 0.15) is 43.7 Å². The van der Waals surface area contributed by atoms with E-state index in [0.717, 1.165) is 0 Å². The zero-order valence-corrected chi connectivity index (χ0v) is 11.0. The molecule has 2 N–H and O–H groups in total. The van der Waals surface area contributed by atoms with Gasteiger partial charge in [0.25, 0.3) is 0 Å². The van der Waals surface area contributed by atoms with Crippen LogP contribution in [-0.2, 0) is 0 Å². The van der Waals surface area contributed by atoms with Gasteiger partial charge in [-0.3, -0.25) is 0 Å². The lowest BCUT2D eigenvalue weighted by Gasteiger charge is -2.47. The second kappa shape index (κ2) is 5.19. The highest BCUT2D eigenvalue weighted by atomic mass is 15.2. The standard InChI is InChI=1S/C15H24N2/c1-17(2)15(11-7-4-8-12-15)14(16)13-9-5-3-6-10-13/h3,5-6,9-10,14H,4,7-8,11-12,16H2,1-2H3/t14-/m1/s1. The minimum absolute atomic E-state index is 0.124. The molecular weight excluding hydrogens is 208 g/mol. The van der Waals surface area contributed by atoms with E-state index in [0.29, 0.717) is 0 Å². The van der Waals surface area contributed by atoms with E-state index in [2.05, 4.69) is 49.3 Å². The molecule has 0 radical (unpaired) electrons. The molecule has 1 aliphatic carbocycles. The Morgan fingerprint density at radius 1 is 1.06 bits per heavy atom. The number of hydrogen-bond acceptors (Lipinski definition) is 2. The van der Waals surface area contributed by atoms with Crippen molar-refractivity contribution in [3.05, 3.63) is 35.9 Å². The molecule has 1 saturated carbocycles. The van der Waals surface area contributed by atoms with Crippen LogP contribution in [0.3, 0.4) is 0 Å². The van der Waals surface area contributed by atoms with Crippen molar-refractivity contribution >= 4 is 0 Å². The van der Waals surface area contributed by atoms with E-state index in [1.54, 1.807) is 0 Å². The Balaban J connectivity index is 2.27. The van der Waals surface area contributed by atoms with Gasteiger partial charge < -0.3 is 10.6 Å². The van der Waals surface area contributed by atoms with Crippen molar-refractivity contribution in [1.82, 2.24) is 4.90 Å². The fraction of sp³-hybridized carbons (Fsp3) is 0.600. The summed E-state index contributed by atoms with van der Waals surface area (Å²) < 4.78 is 0. The molecular formula is C15H24N2. The molecule has 0 spiro atoms. The average molecular weight is 232 g/mol. The molecule has 1 aromatic rings. The van der Waals surface area contributed by atoms with Crippen LogP contribution in [0.15, 0.2) is 30.3 Å². The highest BCUT2D eigenvalue weighted by Crippen LogP contribution is 2.40. The lowest BCUT2D eigenvalue weighted by molar-refractivity contribution is 0.0713. The molecule has 1 fully saturated rings. The monoisotopic (exact) mass is 232 g/mol. The smallest absolute Gasteiger partial charge is 0.0481 e. The third-order valence-corrected chi connectivity index (χ3v) is 4.35. The fourth-order valence-corrected chi connectivity index (χ4v) is 3.17. The lowest BCUT2D eigenvalue weighted by Crippen LogP contribution is -2.53. The topological polar surface area (TPSA) is 29.3 Å². The molecule has 0 unspecified atom stereocenters. The van der Waals surface area contributed by atoms with Crippen molar-refractivity contribution in [2.24, 2.45) is 5.73 Å². The fourth-order valence-electron chi connectivity index (χ4n) is 3.17. The van der Waals surface area contributed by atoms with E-state index in [1.807, 2.05) is 0 Å². The molecule has 2 rings (SSSR count). The SMILES string of the molecule is CN(C)C1([C@H](N)c2ccccc2)CCCCC1. The van der Waals surface area contributed by atoms with Crippen LogP contribution >= 0.6 is 0 Å². The average Bonchev–Trinajstić information content (AvgIpc) is 2.39. The van der Waals surface area contributed by atoms with Crippen molar-refractivity contribution in [2.75, 3.05) is 14.1 Å². The first-order valence-electron chi connectivity index (χ1n) is 6.65. The number of rotatable bonds is 3. The predicted octanol–water partition coefficient (Wildman–Crippen LogP) is 2.95. The van der Waals surface area contributed by atoms with Gasteiger partial charge in [-0.2, -0.15) is 0 Å². The first-order valence-corrected chi connectivity index (χ1v) is 6.65. The number of nitrogens with two attached hydrogens (primary N) is 1. The molecule has 1 aliphatic rings. The first-order chi connectivity index (χ1) is 8.17. The first kappa shape index (κ1) is 12.6. The largest absolute Gasteiger partial charge is 0.322 e. The van der Waals surface area contributed by atoms with Crippen LogP contribution in [0.4, 0.5) is 0 Å². The van der Waals surface area contributed by atoms with Crippen LogP contribution in [0.5, 0.6) is 0 Å². The van der Waals surface area contributed by atoms with E-state index >= 15 is 0 Å². The lowest BCUT2D eigenvalue weighted by atomic mass is 9.73. The minimum Gasteiger partial charge on any atom is -0.322 e. The van der Waals surface area contributed by atoms with Crippen LogP contribution in [0, 0.1) is 0 Å². The van der Waals surface area contributed by atoms with E-state index in [4.69, 9.17) is 5.73 Å². The van der Waals surface area contributed by atoms with Gasteiger partial charge in [0.05, 0.1) is 0 Å². The Morgan fingerprint density at radius 2 is 1.65 bits per heavy atom. The summed E-state index contributed by atoms with van der Waals surface area (Å²) in [5, 5.41) is 0. The van der Waals surface area contributed by atoms with Gasteiger partial charge in [0.15, 0.2) is 0 Å². The maximum Gasteiger partial charge on any atom is 0.0481 e. The summed E-state index contributed by atoms with van der Waals surface area (Å²) in [7, 11) is 4.35. The number of benzene rings is 1. The zero-order valence-electron chi connectivity index (χ0n) is 11.0. The summed E-state index contributed by atoms with van der Waals surface area (Å²) >= 11 is 0. The second-order valence-electron chi connectivity index (χ2n) is 5.45. The van der Waals surface area contributed by atoms with Gasteiger partial charge >= 0.3 is 0 Å². The summed E-state index contributed by atoms with van der Waals surface area (Å²) in [6, 6.07) is 10.7. The Kier molecular flexibility index (Phi) is 3.85. The molecule has 0 saturated heterocycles. The molecule has 17 heavy (non-hydrogen) atoms. The van der Waals surface area contributed by atoms with E-state index in [-0.39, 0.29) is 11.6 Å². The number of likely N-dealkylation sites (N-methyl/N-ethyl adjacent to an activating group) is 1. The van der Waals surface area contributed by atoms with E-state index in [1.165, 1.54) is 37.7 Å². The second-order valence-corrected chi connectivity index (χ2v) is 5.45. The summed E-state index contributed by atoms with van der Waals surface area (Å²) in [4.78, 5) is 2.35. The Bertz CT molecular complexity index is 339. The maximum absolute atomic E-state index is 6.56. The number of hydrogen-bond donors (Lipinski definition) is 1. The van der Waals surface area contributed by atoms with Crippen LogP contribution in [0.25, 0.3) is 0 Å². The molecule has 94 valence electrons. The van der Waals surface area contributed by atoms with Gasteiger partial charge in [0, 0.05) is 11.6 Å². The summed E-state index contributed by atoms with van der Waals surface area (Å²) in [6.07, 6.45) is 6.40. The molecule has 1 atom stereocenters. The minimum atomic E-state index is 0.124. The molecule has 0 heterocycles. The highest BCUT2D eigenvalue weighted by Gasteiger charge is 2.40. The third-order valence-electron chi connectivity index (χ3n) is 4.35.